The van der Waals surface area contributed by atoms with Crippen LogP contribution >= 0.6 is 0 Å². The van der Waals surface area contributed by atoms with Crippen LogP contribution in [-0.2, 0) is 24.2 Å². The van der Waals surface area contributed by atoms with Crippen molar-refractivity contribution >= 4 is 5.97 Å². The van der Waals surface area contributed by atoms with Crippen LogP contribution in [-0.4, -0.2) is 20.6 Å². The first-order chi connectivity index (χ1) is 9.65. The van der Waals surface area contributed by atoms with Crippen molar-refractivity contribution in [2.24, 2.45) is 5.92 Å². The van der Waals surface area contributed by atoms with E-state index in [1.165, 1.54) is 11.1 Å². The zero-order valence-electron chi connectivity index (χ0n) is 11.5. The fourth-order valence-electron chi connectivity index (χ4n) is 2.86. The summed E-state index contributed by atoms with van der Waals surface area (Å²) in [6.07, 6.45) is 3.93. The predicted octanol–water partition coefficient (Wildman–Crippen LogP) is 2.43. The Bertz CT molecular complexity index is 646. The SMILES string of the molecule is Cc1ccccc1Cc1ncc2n1CCC(C(=O)O)C2. The van der Waals surface area contributed by atoms with Gasteiger partial charge in [0.05, 0.1) is 5.92 Å². The first-order valence-electron chi connectivity index (χ1n) is 6.95. The van der Waals surface area contributed by atoms with Gasteiger partial charge in [0.25, 0.3) is 0 Å². The molecule has 1 N–H and O–H groups in total. The molecule has 4 heteroatoms. The topological polar surface area (TPSA) is 55.1 Å². The number of fused-ring (bicyclic) bond motifs is 1. The van der Waals surface area contributed by atoms with E-state index in [4.69, 9.17) is 5.11 Å². The van der Waals surface area contributed by atoms with Gasteiger partial charge in [0.2, 0.25) is 0 Å². The maximum absolute atomic E-state index is 11.1. The highest BCUT2D eigenvalue weighted by Crippen LogP contribution is 2.23. The van der Waals surface area contributed by atoms with E-state index >= 15 is 0 Å². The second-order valence-electron chi connectivity index (χ2n) is 5.45. The van der Waals surface area contributed by atoms with Crippen molar-refractivity contribution in [3.63, 3.8) is 0 Å². The minimum absolute atomic E-state index is 0.259. The van der Waals surface area contributed by atoms with Crippen molar-refractivity contribution < 1.29 is 9.90 Å². The minimum atomic E-state index is -0.696. The molecule has 1 aromatic carbocycles. The molecule has 0 aliphatic carbocycles. The van der Waals surface area contributed by atoms with Gasteiger partial charge >= 0.3 is 5.97 Å². The summed E-state index contributed by atoms with van der Waals surface area (Å²) in [6, 6.07) is 8.32. The van der Waals surface area contributed by atoms with E-state index in [0.717, 1.165) is 24.5 Å². The van der Waals surface area contributed by atoms with E-state index in [1.807, 2.05) is 18.3 Å². The average molecular weight is 270 g/mol. The Balaban J connectivity index is 1.84. The number of benzene rings is 1. The van der Waals surface area contributed by atoms with Crippen LogP contribution in [0.15, 0.2) is 30.5 Å². The molecule has 4 nitrogen and oxygen atoms in total. The van der Waals surface area contributed by atoms with Crippen molar-refractivity contribution in [2.75, 3.05) is 0 Å². The van der Waals surface area contributed by atoms with Gasteiger partial charge in [-0.05, 0) is 24.5 Å². The van der Waals surface area contributed by atoms with Crippen molar-refractivity contribution in [1.29, 1.82) is 0 Å². The largest absolute Gasteiger partial charge is 0.481 e. The van der Waals surface area contributed by atoms with E-state index in [1.54, 1.807) is 0 Å². The number of hydrogen-bond donors (Lipinski definition) is 1. The first kappa shape index (κ1) is 12.9. The maximum Gasteiger partial charge on any atom is 0.306 e. The smallest absolute Gasteiger partial charge is 0.306 e. The summed E-state index contributed by atoms with van der Waals surface area (Å²) in [5.41, 5.74) is 3.59. The van der Waals surface area contributed by atoms with Crippen molar-refractivity contribution in [1.82, 2.24) is 9.55 Å². The number of carboxylic acids is 1. The highest BCUT2D eigenvalue weighted by Gasteiger charge is 2.26. The summed E-state index contributed by atoms with van der Waals surface area (Å²) in [7, 11) is 0. The third-order valence-electron chi connectivity index (χ3n) is 4.14. The highest BCUT2D eigenvalue weighted by molar-refractivity contribution is 5.70. The van der Waals surface area contributed by atoms with E-state index in [9.17, 15) is 4.79 Å². The average Bonchev–Trinajstić information content (AvgIpc) is 2.84. The zero-order valence-corrected chi connectivity index (χ0v) is 11.5. The lowest BCUT2D eigenvalue weighted by molar-refractivity contribution is -0.142. The van der Waals surface area contributed by atoms with Gasteiger partial charge in [0.15, 0.2) is 0 Å². The number of aryl methyl sites for hydroxylation is 1. The molecule has 104 valence electrons. The molecule has 1 aliphatic heterocycles. The summed E-state index contributed by atoms with van der Waals surface area (Å²) >= 11 is 0. The molecule has 3 rings (SSSR count). The number of carboxylic acid groups (broad SMARTS) is 1. The molecule has 0 saturated heterocycles. The van der Waals surface area contributed by atoms with E-state index in [-0.39, 0.29) is 5.92 Å². The second-order valence-corrected chi connectivity index (χ2v) is 5.45. The number of nitrogens with zero attached hydrogens (tertiary/aromatic N) is 2. The van der Waals surface area contributed by atoms with E-state index < -0.39 is 5.97 Å². The lowest BCUT2D eigenvalue weighted by atomic mass is 9.96. The number of aromatic nitrogens is 2. The summed E-state index contributed by atoms with van der Waals surface area (Å²) in [5.74, 6) is 0.0848. The summed E-state index contributed by atoms with van der Waals surface area (Å²) in [5, 5.41) is 9.11. The lowest BCUT2D eigenvalue weighted by Crippen LogP contribution is -2.26. The molecule has 0 fully saturated rings. The molecule has 0 spiro atoms. The molecule has 0 amide bonds. The van der Waals surface area contributed by atoms with Gasteiger partial charge in [-0.3, -0.25) is 4.79 Å². The van der Waals surface area contributed by atoms with Gasteiger partial charge in [-0.1, -0.05) is 24.3 Å². The minimum Gasteiger partial charge on any atom is -0.481 e. The van der Waals surface area contributed by atoms with Gasteiger partial charge in [-0.15, -0.1) is 0 Å². The Kier molecular flexibility index (Phi) is 3.30. The molecule has 2 heterocycles. The van der Waals surface area contributed by atoms with Crippen LogP contribution in [0.2, 0.25) is 0 Å². The van der Waals surface area contributed by atoms with Crippen LogP contribution in [0.5, 0.6) is 0 Å². The van der Waals surface area contributed by atoms with Gasteiger partial charge in [0.1, 0.15) is 5.82 Å². The summed E-state index contributed by atoms with van der Waals surface area (Å²) in [6.45, 7) is 2.86. The quantitative estimate of drug-likeness (QED) is 0.932. The molecular weight excluding hydrogens is 252 g/mol. The molecule has 1 atom stereocenters. The molecule has 1 unspecified atom stereocenters. The molecule has 20 heavy (non-hydrogen) atoms. The molecule has 1 aliphatic rings. The molecular formula is C16H18N2O2. The Morgan fingerprint density at radius 3 is 3.00 bits per heavy atom. The number of hydrogen-bond acceptors (Lipinski definition) is 2. The Labute approximate surface area is 118 Å². The normalized spacial score (nSPS) is 17.8. The van der Waals surface area contributed by atoms with Crippen molar-refractivity contribution in [3.05, 3.63) is 53.1 Å². The van der Waals surface area contributed by atoms with Crippen LogP contribution < -0.4 is 0 Å². The zero-order chi connectivity index (χ0) is 14.1. The van der Waals surface area contributed by atoms with Crippen LogP contribution in [0.25, 0.3) is 0 Å². The summed E-state index contributed by atoms with van der Waals surface area (Å²) < 4.78 is 2.19. The molecule has 1 aromatic heterocycles. The highest BCUT2D eigenvalue weighted by atomic mass is 16.4. The van der Waals surface area contributed by atoms with Crippen molar-refractivity contribution in [3.8, 4) is 0 Å². The Morgan fingerprint density at radius 1 is 1.45 bits per heavy atom. The standard InChI is InChI=1S/C16H18N2O2/c1-11-4-2-3-5-12(11)9-15-17-10-14-8-13(16(19)20)6-7-18(14)15/h2-5,10,13H,6-9H2,1H3,(H,19,20). The lowest BCUT2D eigenvalue weighted by Gasteiger charge is -2.22. The number of aliphatic carboxylic acids is 1. The van der Waals surface area contributed by atoms with Gasteiger partial charge < -0.3 is 9.67 Å². The number of carbonyl (C=O) groups is 1. The van der Waals surface area contributed by atoms with Gasteiger partial charge in [-0.2, -0.15) is 0 Å². The Morgan fingerprint density at radius 2 is 2.25 bits per heavy atom. The van der Waals surface area contributed by atoms with Gasteiger partial charge in [-0.25, -0.2) is 4.98 Å². The van der Waals surface area contributed by atoms with Crippen LogP contribution in [0.4, 0.5) is 0 Å². The first-order valence-corrected chi connectivity index (χ1v) is 6.95. The van der Waals surface area contributed by atoms with E-state index in [2.05, 4.69) is 28.6 Å². The molecule has 0 saturated carbocycles. The second kappa shape index (κ2) is 5.12. The van der Waals surface area contributed by atoms with E-state index in [0.29, 0.717) is 12.8 Å². The fourth-order valence-corrected chi connectivity index (χ4v) is 2.86. The third kappa shape index (κ3) is 2.33. The Hall–Kier alpha value is -2.10. The molecule has 0 radical (unpaired) electrons. The van der Waals surface area contributed by atoms with Crippen LogP contribution in [0, 0.1) is 12.8 Å². The molecule has 0 bridgehead atoms. The van der Waals surface area contributed by atoms with Crippen molar-refractivity contribution in [2.45, 2.75) is 32.7 Å². The fraction of sp³-hybridized carbons (Fsp3) is 0.375. The number of rotatable bonds is 3. The van der Waals surface area contributed by atoms with Gasteiger partial charge in [0, 0.05) is 31.3 Å². The predicted molar refractivity (Wildman–Crippen MR) is 75.7 cm³/mol. The van der Waals surface area contributed by atoms with Crippen LogP contribution in [0.1, 0.15) is 29.1 Å². The van der Waals surface area contributed by atoms with Crippen LogP contribution in [0.3, 0.4) is 0 Å². The summed E-state index contributed by atoms with van der Waals surface area (Å²) in [4.78, 5) is 15.6. The third-order valence-corrected chi connectivity index (χ3v) is 4.14. The monoisotopic (exact) mass is 270 g/mol. The maximum atomic E-state index is 11.1. The number of imidazole rings is 1. The molecule has 2 aromatic rings.